The van der Waals surface area contributed by atoms with Crippen LogP contribution in [0.3, 0.4) is 0 Å². The Hall–Kier alpha value is -5.59. The lowest BCUT2D eigenvalue weighted by Gasteiger charge is -2.27. The first-order valence-electron chi connectivity index (χ1n) is 15.6. The van der Waals surface area contributed by atoms with Crippen LogP contribution >= 0.6 is 0 Å². The fraction of sp³-hybridized carbons (Fsp3) is 0.0541. The van der Waals surface area contributed by atoms with Crippen molar-refractivity contribution in [2.75, 3.05) is 22.1 Å². The quantitative estimate of drug-likeness (QED) is 0.209. The van der Waals surface area contributed by atoms with Crippen LogP contribution in [0.15, 0.2) is 140 Å². The molecule has 0 radical (unpaired) electrons. The second kappa shape index (κ2) is 10.0. The zero-order valence-electron chi connectivity index (χ0n) is 26.4. The second-order valence-electron chi connectivity index (χ2n) is 10.5. The summed E-state index contributed by atoms with van der Waals surface area (Å²) in [5.74, 6) is 0.555. The lowest BCUT2D eigenvalue weighted by molar-refractivity contribution is 0.142. The Bertz CT molecular complexity index is 2230. The van der Waals surface area contributed by atoms with Crippen LogP contribution in [0.25, 0.3) is 27.6 Å². The Balaban J connectivity index is 1.32. The van der Waals surface area contributed by atoms with E-state index in [2.05, 4.69) is 58.4 Å². The molecule has 0 saturated carbocycles. The number of hydrogen-bond acceptors (Lipinski definition) is 5. The van der Waals surface area contributed by atoms with E-state index in [1.807, 2.05) is 89.5 Å². The van der Waals surface area contributed by atoms with Crippen molar-refractivity contribution in [2.24, 2.45) is 0 Å². The molecule has 0 saturated heterocycles. The molecule has 8 rings (SSSR count). The maximum Gasteiger partial charge on any atom is 0.137 e. The fourth-order valence-electron chi connectivity index (χ4n) is 5.97. The Morgan fingerprint density at radius 2 is 1.40 bits per heavy atom. The molecule has 0 spiro atoms. The number of aryl methyl sites for hydroxylation is 1. The Labute approximate surface area is 254 Å². The molecule has 0 N–H and O–H groups in total. The molecule has 0 aliphatic carbocycles. The molecule has 1 aliphatic rings. The van der Waals surface area contributed by atoms with Crippen molar-refractivity contribution in [1.82, 2.24) is 9.55 Å². The smallest absolute Gasteiger partial charge is 0.137 e. The number of hydroxylamine groups is 1. The maximum absolute atomic E-state index is 8.01. The minimum absolute atomic E-state index is 0.249. The molecule has 6 nitrogen and oxygen atoms in total. The van der Waals surface area contributed by atoms with E-state index in [9.17, 15) is 0 Å². The summed E-state index contributed by atoms with van der Waals surface area (Å²) in [7, 11) is 1.90. The van der Waals surface area contributed by atoms with Crippen molar-refractivity contribution in [2.45, 2.75) is 6.85 Å². The first-order valence-corrected chi connectivity index (χ1v) is 14.1. The first-order chi connectivity index (χ1) is 22.4. The van der Waals surface area contributed by atoms with Gasteiger partial charge in [-0.2, -0.15) is 5.06 Å². The zero-order valence-corrected chi connectivity index (χ0v) is 23.4. The molecule has 0 atom stereocenters. The summed E-state index contributed by atoms with van der Waals surface area (Å²) >= 11 is 0. The zero-order chi connectivity index (χ0) is 31.4. The van der Waals surface area contributed by atoms with E-state index in [-0.39, 0.29) is 5.56 Å². The molecule has 1 aliphatic heterocycles. The number of anilines is 6. The monoisotopic (exact) mass is 562 g/mol. The normalized spacial score (nSPS) is 14.0. The number of rotatable bonds is 5. The minimum atomic E-state index is -2.24. The second-order valence-corrected chi connectivity index (χ2v) is 10.5. The highest BCUT2D eigenvalue weighted by molar-refractivity contribution is 6.10. The highest BCUT2D eigenvalue weighted by Gasteiger charge is 2.27. The number of fused-ring (bicyclic) bond motifs is 4. The molecule has 2 aromatic heterocycles. The average molecular weight is 563 g/mol. The summed E-state index contributed by atoms with van der Waals surface area (Å²) < 4.78 is 26.1. The van der Waals surface area contributed by atoms with Crippen LogP contribution in [0.5, 0.6) is 0 Å². The van der Waals surface area contributed by atoms with Crippen molar-refractivity contribution in [1.29, 1.82) is 0 Å². The molecular formula is C37H29N5O. The van der Waals surface area contributed by atoms with E-state index in [4.69, 9.17) is 9.05 Å². The number of pyridine rings is 1. The molecule has 6 heteroatoms. The van der Waals surface area contributed by atoms with Gasteiger partial charge >= 0.3 is 0 Å². The molecule has 0 bridgehead atoms. The van der Waals surface area contributed by atoms with Crippen LogP contribution in [0.4, 0.5) is 34.1 Å². The van der Waals surface area contributed by atoms with Crippen LogP contribution in [0, 0.1) is 6.85 Å². The lowest BCUT2D eigenvalue weighted by atomic mass is 10.1. The van der Waals surface area contributed by atoms with Crippen LogP contribution in [-0.2, 0) is 4.94 Å². The van der Waals surface area contributed by atoms with E-state index in [1.165, 1.54) is 0 Å². The van der Waals surface area contributed by atoms with Crippen molar-refractivity contribution < 1.29 is 9.05 Å². The molecule has 0 unspecified atom stereocenters. The third-order valence-corrected chi connectivity index (χ3v) is 7.87. The average Bonchev–Trinajstić information content (AvgIpc) is 3.60. The van der Waals surface area contributed by atoms with Gasteiger partial charge in [0.1, 0.15) is 5.82 Å². The van der Waals surface area contributed by atoms with Gasteiger partial charge in [-0.1, -0.05) is 60.7 Å². The lowest BCUT2D eigenvalue weighted by Crippen LogP contribution is -2.21. The van der Waals surface area contributed by atoms with Gasteiger partial charge in [-0.3, -0.25) is 4.57 Å². The molecule has 0 fully saturated rings. The predicted molar refractivity (Wildman–Crippen MR) is 176 cm³/mol. The number of nitrogens with zero attached hydrogens (tertiary/aromatic N) is 5. The van der Waals surface area contributed by atoms with Gasteiger partial charge in [0.25, 0.3) is 0 Å². The number of aromatic nitrogens is 2. The van der Waals surface area contributed by atoms with Crippen molar-refractivity contribution in [3.63, 3.8) is 0 Å². The molecule has 0 amide bonds. The highest BCUT2D eigenvalue weighted by Crippen LogP contribution is 2.44. The van der Waals surface area contributed by atoms with Crippen LogP contribution in [-0.4, -0.2) is 16.6 Å². The molecule has 3 heterocycles. The molecule has 208 valence electrons. The van der Waals surface area contributed by atoms with Crippen molar-refractivity contribution in [3.8, 4) is 5.82 Å². The molecule has 43 heavy (non-hydrogen) atoms. The third-order valence-electron chi connectivity index (χ3n) is 7.87. The minimum Gasteiger partial charge on any atom is -0.310 e. The number of para-hydroxylation sites is 4. The van der Waals surface area contributed by atoms with Crippen LogP contribution < -0.4 is 15.0 Å². The van der Waals surface area contributed by atoms with E-state index in [0.29, 0.717) is 5.82 Å². The predicted octanol–water partition coefficient (Wildman–Crippen LogP) is 9.39. The highest BCUT2D eigenvalue weighted by atomic mass is 16.8. The van der Waals surface area contributed by atoms with Gasteiger partial charge < -0.3 is 4.90 Å². The summed E-state index contributed by atoms with van der Waals surface area (Å²) in [5, 5.41) is 5.71. The van der Waals surface area contributed by atoms with Crippen molar-refractivity contribution >= 4 is 55.9 Å². The van der Waals surface area contributed by atoms with Gasteiger partial charge in [0, 0.05) is 45.2 Å². The molecule has 7 aromatic rings. The summed E-state index contributed by atoms with van der Waals surface area (Å²) in [6.07, 6.45) is 1.57. The van der Waals surface area contributed by atoms with Gasteiger partial charge in [0.2, 0.25) is 0 Å². The van der Waals surface area contributed by atoms with Gasteiger partial charge in [-0.05, 0) is 85.2 Å². The van der Waals surface area contributed by atoms with Gasteiger partial charge in [-0.15, -0.1) is 4.94 Å². The standard InChI is InChI=1S/C37H29N5O/c1-26-21-22-38-37(23-26)41-33-16-7-6-15-31(33)32-20-19-29(25-36(32)41)40(27-11-4-3-5-12-27)28-13-10-14-30(24-28)42-35-18-9-8-17-34(35)39(2)43-42/h3-25H,1-2H3/i1D3. The van der Waals surface area contributed by atoms with Crippen LogP contribution in [0.2, 0.25) is 0 Å². The van der Waals surface area contributed by atoms with E-state index < -0.39 is 6.85 Å². The maximum atomic E-state index is 8.01. The summed E-state index contributed by atoms with van der Waals surface area (Å²) in [6, 6.07) is 44.4. The molecular weight excluding hydrogens is 530 g/mol. The Morgan fingerprint density at radius 1 is 0.651 bits per heavy atom. The largest absolute Gasteiger partial charge is 0.310 e. The summed E-state index contributed by atoms with van der Waals surface area (Å²) in [5.41, 5.74) is 7.83. The first kappa shape index (κ1) is 22.1. The fourth-order valence-corrected chi connectivity index (χ4v) is 5.97. The van der Waals surface area contributed by atoms with E-state index in [1.54, 1.807) is 23.4 Å². The SMILES string of the molecule is [2H]C([2H])([2H])c1ccnc(-n2c3ccccc3c3ccc(N(c4ccccc4)c4cccc(N5ON(C)c6ccccc65)c4)cc32)c1. The number of benzene rings is 5. The van der Waals surface area contributed by atoms with Gasteiger partial charge in [-0.25, -0.2) is 10.0 Å². The molecule has 5 aromatic carbocycles. The summed E-state index contributed by atoms with van der Waals surface area (Å²) in [6.45, 7) is -2.24. The topological polar surface area (TPSA) is 36.8 Å². The van der Waals surface area contributed by atoms with Gasteiger partial charge in [0.05, 0.1) is 28.1 Å². The summed E-state index contributed by atoms with van der Waals surface area (Å²) in [4.78, 5) is 13.0. The van der Waals surface area contributed by atoms with E-state index in [0.717, 1.165) is 55.9 Å². The van der Waals surface area contributed by atoms with Crippen molar-refractivity contribution in [3.05, 3.63) is 145 Å². The Kier molecular flexibility index (Phi) is 5.16. The number of hydrogen-bond donors (Lipinski definition) is 0. The van der Waals surface area contributed by atoms with Crippen LogP contribution in [0.1, 0.15) is 9.68 Å². The third kappa shape index (κ3) is 4.19. The van der Waals surface area contributed by atoms with Gasteiger partial charge in [0.15, 0.2) is 0 Å². The van der Waals surface area contributed by atoms with E-state index >= 15 is 0 Å². The Morgan fingerprint density at radius 3 is 2.28 bits per heavy atom.